The van der Waals surface area contributed by atoms with Gasteiger partial charge in [0.25, 0.3) is 0 Å². The van der Waals surface area contributed by atoms with Crippen molar-refractivity contribution in [3.05, 3.63) is 54.2 Å². The van der Waals surface area contributed by atoms with Gasteiger partial charge in [-0.05, 0) is 77.0 Å². The molecule has 10 heteroatoms. The highest BCUT2D eigenvalue weighted by Gasteiger charge is 2.55. The lowest BCUT2D eigenvalue weighted by molar-refractivity contribution is -0.0893. The van der Waals surface area contributed by atoms with Gasteiger partial charge in [-0.15, -0.1) is 0 Å². The number of hydrogen-bond acceptors (Lipinski definition) is 9. The van der Waals surface area contributed by atoms with E-state index in [4.69, 9.17) is 19.7 Å². The molecule has 9 nitrogen and oxygen atoms in total. The zero-order valence-electron chi connectivity index (χ0n) is 24.9. The van der Waals surface area contributed by atoms with Crippen molar-refractivity contribution in [1.82, 2.24) is 19.9 Å². The molecule has 216 valence electrons. The number of benzene rings is 1. The summed E-state index contributed by atoms with van der Waals surface area (Å²) >= 11 is 0. The van der Waals surface area contributed by atoms with E-state index in [1.807, 2.05) is 24.4 Å². The van der Waals surface area contributed by atoms with E-state index in [1.165, 1.54) is 18.8 Å². The Bertz CT molecular complexity index is 1540. The van der Waals surface area contributed by atoms with Crippen LogP contribution in [-0.2, 0) is 14.7 Å². The first kappa shape index (κ1) is 26.9. The van der Waals surface area contributed by atoms with Crippen molar-refractivity contribution in [2.75, 3.05) is 68.3 Å². The summed E-state index contributed by atoms with van der Waals surface area (Å²) in [5.74, 6) is 2.13. The molecule has 2 atom stereocenters. The third-order valence-electron chi connectivity index (χ3n) is 9.38. The predicted molar refractivity (Wildman–Crippen MR) is 165 cm³/mol. The van der Waals surface area contributed by atoms with Gasteiger partial charge >= 0.3 is 0 Å². The van der Waals surface area contributed by atoms with Crippen LogP contribution >= 0.6 is 7.14 Å². The van der Waals surface area contributed by atoms with Crippen LogP contribution in [0.25, 0.3) is 0 Å². The molecule has 0 saturated carbocycles. The summed E-state index contributed by atoms with van der Waals surface area (Å²) < 4.78 is 19.3. The minimum Gasteiger partial charge on any atom is -0.374 e. The highest BCUT2D eigenvalue weighted by atomic mass is 31.2. The molecule has 1 aromatic carbocycles. The molecule has 3 fully saturated rings. The number of rotatable bonds is 5. The van der Waals surface area contributed by atoms with Crippen LogP contribution in [0.15, 0.2) is 48.7 Å². The normalized spacial score (nSPS) is 26.2. The van der Waals surface area contributed by atoms with Crippen molar-refractivity contribution in [1.29, 1.82) is 0 Å². The van der Waals surface area contributed by atoms with Crippen molar-refractivity contribution in [3.8, 4) is 0 Å². The second kappa shape index (κ2) is 9.00. The van der Waals surface area contributed by atoms with Gasteiger partial charge in [-0.25, -0.2) is 9.97 Å². The van der Waals surface area contributed by atoms with E-state index in [9.17, 15) is 4.57 Å². The van der Waals surface area contributed by atoms with Gasteiger partial charge in [-0.3, -0.25) is 0 Å². The Balaban J connectivity index is 1.18. The molecule has 4 aliphatic heterocycles. The zero-order valence-corrected chi connectivity index (χ0v) is 25.8. The topological polar surface area (TPSA) is 86.7 Å². The van der Waals surface area contributed by atoms with Crippen LogP contribution in [0.5, 0.6) is 0 Å². The van der Waals surface area contributed by atoms with Crippen molar-refractivity contribution in [2.24, 2.45) is 5.41 Å². The monoisotopic (exact) mass is 573 g/mol. The Morgan fingerprint density at radius 1 is 1.00 bits per heavy atom. The van der Waals surface area contributed by atoms with E-state index in [-0.39, 0.29) is 17.1 Å². The van der Waals surface area contributed by atoms with Gasteiger partial charge < -0.3 is 29.3 Å². The Kier molecular flexibility index (Phi) is 5.90. The molecule has 0 aliphatic carbocycles. The highest BCUT2D eigenvalue weighted by Crippen LogP contribution is 2.53. The molecule has 0 radical (unpaired) electrons. The van der Waals surface area contributed by atoms with E-state index < -0.39 is 7.14 Å². The fourth-order valence-electron chi connectivity index (χ4n) is 7.24. The molecule has 1 spiro atoms. The molecule has 7 rings (SSSR count). The maximum absolute atomic E-state index is 12.9. The lowest BCUT2D eigenvalue weighted by atomic mass is 9.73. The van der Waals surface area contributed by atoms with E-state index in [0.717, 1.165) is 42.4 Å². The van der Waals surface area contributed by atoms with Crippen LogP contribution < -0.4 is 20.6 Å². The second-order valence-electron chi connectivity index (χ2n) is 13.9. The molecule has 41 heavy (non-hydrogen) atoms. The Morgan fingerprint density at radius 2 is 1.73 bits per heavy atom. The second-order valence-corrected chi connectivity index (χ2v) is 17.1. The Labute approximate surface area is 242 Å². The van der Waals surface area contributed by atoms with Crippen molar-refractivity contribution in [3.63, 3.8) is 0 Å². The quantitative estimate of drug-likeness (QED) is 0.441. The molecule has 2 aromatic heterocycles. The summed E-state index contributed by atoms with van der Waals surface area (Å²) in [6, 6.07) is 14.4. The molecule has 0 amide bonds. The third-order valence-corrected chi connectivity index (χ3v) is 10.7. The first-order valence-electron chi connectivity index (χ1n) is 14.5. The van der Waals surface area contributed by atoms with Crippen LogP contribution in [0.3, 0.4) is 0 Å². The number of ether oxygens (including phenoxy) is 1. The number of hydrogen-bond donors (Lipinski definition) is 1. The minimum absolute atomic E-state index is 0.0798. The molecular weight excluding hydrogens is 533 g/mol. The van der Waals surface area contributed by atoms with E-state index >= 15 is 0 Å². The third kappa shape index (κ3) is 4.53. The van der Waals surface area contributed by atoms with Gasteiger partial charge in [0, 0.05) is 60.1 Å². The first-order chi connectivity index (χ1) is 19.3. The summed E-state index contributed by atoms with van der Waals surface area (Å²) in [6.07, 6.45) is 2.75. The van der Waals surface area contributed by atoms with Crippen molar-refractivity contribution >= 4 is 41.5 Å². The number of likely N-dealkylation sites (tertiary alicyclic amines) is 1. The van der Waals surface area contributed by atoms with Crippen LogP contribution in [0.4, 0.5) is 29.0 Å². The summed E-state index contributed by atoms with van der Waals surface area (Å²) in [4.78, 5) is 21.8. The van der Waals surface area contributed by atoms with Gasteiger partial charge in [0.2, 0.25) is 5.95 Å². The number of aromatic nitrogens is 3. The fourth-order valence-corrected chi connectivity index (χ4v) is 8.02. The summed E-state index contributed by atoms with van der Waals surface area (Å²) in [5.41, 5.74) is 3.80. The molecule has 3 aromatic rings. The average molecular weight is 574 g/mol. The summed E-state index contributed by atoms with van der Waals surface area (Å²) in [6.45, 7) is 15.3. The SMILES string of the molecule is CN1CC2(C1)CN(c1ccc(Nc3ncc4c(n3)N(c3cccc(P(C)(C)=O)n3)[C@@H]3CC(C)(C)OC[C@]43C)cc1)C2. The average Bonchev–Trinajstić information content (AvgIpc) is 3.12. The molecular formula is C31H40N7O2P. The van der Waals surface area contributed by atoms with E-state index in [2.05, 4.69) is 72.1 Å². The first-order valence-corrected chi connectivity index (χ1v) is 17.1. The van der Waals surface area contributed by atoms with Gasteiger partial charge in [-0.1, -0.05) is 13.0 Å². The van der Waals surface area contributed by atoms with Gasteiger partial charge in [0.1, 0.15) is 24.2 Å². The lowest BCUT2D eigenvalue weighted by Gasteiger charge is -2.60. The molecule has 0 bridgehead atoms. The maximum Gasteiger partial charge on any atom is 0.229 e. The van der Waals surface area contributed by atoms with Crippen LogP contribution in [-0.4, -0.2) is 84.7 Å². The van der Waals surface area contributed by atoms with E-state index in [0.29, 0.717) is 23.4 Å². The van der Waals surface area contributed by atoms with Gasteiger partial charge in [-0.2, -0.15) is 4.98 Å². The number of anilines is 5. The predicted octanol–water partition coefficient (Wildman–Crippen LogP) is 4.59. The molecule has 4 aliphatic rings. The molecule has 0 unspecified atom stereocenters. The Hall–Kier alpha value is -3.00. The fraction of sp³-hybridized carbons (Fsp3) is 0.516. The van der Waals surface area contributed by atoms with Crippen LogP contribution in [0, 0.1) is 5.41 Å². The van der Waals surface area contributed by atoms with Crippen LogP contribution in [0.1, 0.15) is 32.8 Å². The number of nitrogens with one attached hydrogen (secondary N) is 1. The van der Waals surface area contributed by atoms with Gasteiger partial charge in [0.05, 0.1) is 18.2 Å². The largest absolute Gasteiger partial charge is 0.374 e. The molecule has 3 saturated heterocycles. The zero-order chi connectivity index (χ0) is 28.8. The minimum atomic E-state index is -2.54. The number of fused-ring (bicyclic) bond motifs is 3. The maximum atomic E-state index is 12.9. The van der Waals surface area contributed by atoms with Gasteiger partial charge in [0.15, 0.2) is 0 Å². The lowest BCUT2D eigenvalue weighted by Crippen LogP contribution is -2.71. The number of pyridine rings is 1. The van der Waals surface area contributed by atoms with E-state index in [1.54, 1.807) is 13.3 Å². The summed E-state index contributed by atoms with van der Waals surface area (Å²) in [7, 11) is -0.341. The number of nitrogens with zero attached hydrogens (tertiary/aromatic N) is 6. The summed E-state index contributed by atoms with van der Waals surface area (Å²) in [5, 5.41) is 3.43. The Morgan fingerprint density at radius 3 is 2.41 bits per heavy atom. The van der Waals surface area contributed by atoms with Crippen molar-refractivity contribution < 1.29 is 9.30 Å². The van der Waals surface area contributed by atoms with Crippen molar-refractivity contribution in [2.45, 2.75) is 44.2 Å². The van der Waals surface area contributed by atoms with Crippen LogP contribution in [0.2, 0.25) is 0 Å². The molecule has 6 heterocycles. The standard InChI is InChI=1S/C31H40N7O2P/c1-29(2)14-24-30(3,20-40-29)23-15-32-28(35-27(23)38(24)25-8-7-9-26(34-25)41(5,6)39)33-21-10-12-22(13-11-21)37-18-31(19-37)16-36(4)17-31/h7-13,15,24H,14,16-20H2,1-6H3,(H,32,33,35)/t24-,30-/m1/s1. The molecule has 1 N–H and O–H groups in total. The smallest absolute Gasteiger partial charge is 0.229 e. The highest BCUT2D eigenvalue weighted by molar-refractivity contribution is 7.69.